The van der Waals surface area contributed by atoms with Crippen molar-refractivity contribution in [2.24, 2.45) is 0 Å². The van der Waals surface area contributed by atoms with E-state index < -0.39 is 0 Å². The molecule has 2 aromatic rings. The van der Waals surface area contributed by atoms with Crippen LogP contribution in [0.1, 0.15) is 0 Å². The quantitative estimate of drug-likeness (QED) is 0.482. The monoisotopic (exact) mass is 194 g/mol. The standard InChI is InChI=1S/C12H11P.Li.H/c13-12-9-5-4-8-11(12)10-6-2-1-3-7-10;;/h1-9H,13H2;;. The zero-order chi connectivity index (χ0) is 9.10. The third-order valence-electron chi connectivity index (χ3n) is 2.05. The van der Waals surface area contributed by atoms with Crippen molar-refractivity contribution in [3.63, 3.8) is 0 Å². The summed E-state index contributed by atoms with van der Waals surface area (Å²) in [5.74, 6) is 0. The van der Waals surface area contributed by atoms with Gasteiger partial charge in [-0.1, -0.05) is 54.6 Å². The first-order valence-electron chi connectivity index (χ1n) is 4.28. The minimum atomic E-state index is 0. The summed E-state index contributed by atoms with van der Waals surface area (Å²) in [6, 6.07) is 18.8. The van der Waals surface area contributed by atoms with E-state index in [2.05, 4.69) is 57.8 Å². The molecule has 0 spiro atoms. The van der Waals surface area contributed by atoms with Crippen LogP contribution < -0.4 is 5.30 Å². The van der Waals surface area contributed by atoms with Crippen LogP contribution in [-0.2, 0) is 0 Å². The molecular weight excluding hydrogens is 182 g/mol. The van der Waals surface area contributed by atoms with Gasteiger partial charge in [-0.15, -0.1) is 9.24 Å². The fourth-order valence-electron chi connectivity index (χ4n) is 1.38. The molecule has 2 heteroatoms. The average Bonchev–Trinajstić information content (AvgIpc) is 2.20. The van der Waals surface area contributed by atoms with Gasteiger partial charge in [0.25, 0.3) is 0 Å². The molecule has 0 bridgehead atoms. The molecule has 1 atom stereocenters. The van der Waals surface area contributed by atoms with E-state index in [0.717, 1.165) is 0 Å². The molecule has 2 aromatic carbocycles. The predicted octanol–water partition coefficient (Wildman–Crippen LogP) is 2.21. The Hall–Kier alpha value is -0.533. The van der Waals surface area contributed by atoms with E-state index in [1.807, 2.05) is 6.07 Å². The topological polar surface area (TPSA) is 0 Å². The molecule has 0 nitrogen and oxygen atoms in total. The van der Waals surface area contributed by atoms with Crippen molar-refractivity contribution in [2.75, 3.05) is 0 Å². The molecule has 0 aliphatic carbocycles. The Morgan fingerprint density at radius 2 is 1.29 bits per heavy atom. The van der Waals surface area contributed by atoms with E-state index in [1.165, 1.54) is 16.4 Å². The fraction of sp³-hybridized carbons (Fsp3) is 0. The number of hydrogen-bond donors (Lipinski definition) is 0. The molecule has 0 aliphatic rings. The van der Waals surface area contributed by atoms with Gasteiger partial charge in [0.05, 0.1) is 0 Å². The van der Waals surface area contributed by atoms with Crippen LogP contribution in [0.5, 0.6) is 0 Å². The molecule has 0 aliphatic heterocycles. The van der Waals surface area contributed by atoms with Gasteiger partial charge in [-0.2, -0.15) is 0 Å². The molecule has 0 saturated heterocycles. The number of hydrogen-bond acceptors (Lipinski definition) is 0. The second kappa shape index (κ2) is 5.37. The molecule has 66 valence electrons. The second-order valence-corrected chi connectivity index (χ2v) is 3.58. The van der Waals surface area contributed by atoms with Gasteiger partial charge in [0.1, 0.15) is 0 Å². The first-order chi connectivity index (χ1) is 6.38. The van der Waals surface area contributed by atoms with Crippen LogP contribution in [0.25, 0.3) is 11.1 Å². The zero-order valence-electron chi connectivity index (χ0n) is 7.27. The van der Waals surface area contributed by atoms with Crippen molar-refractivity contribution < 1.29 is 0 Å². The van der Waals surface area contributed by atoms with Gasteiger partial charge < -0.3 is 0 Å². The summed E-state index contributed by atoms with van der Waals surface area (Å²) in [6.07, 6.45) is 0. The van der Waals surface area contributed by atoms with Gasteiger partial charge in [-0.05, 0) is 16.4 Å². The Morgan fingerprint density at radius 1 is 0.714 bits per heavy atom. The molecule has 2 rings (SSSR count). The van der Waals surface area contributed by atoms with E-state index in [4.69, 9.17) is 0 Å². The van der Waals surface area contributed by atoms with Crippen LogP contribution in [0, 0.1) is 0 Å². The third-order valence-corrected chi connectivity index (χ3v) is 2.55. The Morgan fingerprint density at radius 3 is 1.93 bits per heavy atom. The Balaban J connectivity index is 0.000000980. The summed E-state index contributed by atoms with van der Waals surface area (Å²) in [5, 5.41) is 1.24. The first-order valence-corrected chi connectivity index (χ1v) is 4.85. The Labute approximate surface area is 99.1 Å². The maximum absolute atomic E-state index is 2.76. The number of rotatable bonds is 1. The summed E-state index contributed by atoms with van der Waals surface area (Å²) in [7, 11) is 2.76. The molecule has 0 radical (unpaired) electrons. The molecule has 0 fully saturated rings. The molecule has 0 amide bonds. The van der Waals surface area contributed by atoms with Crippen molar-refractivity contribution in [3.05, 3.63) is 54.6 Å². The van der Waals surface area contributed by atoms with E-state index in [-0.39, 0.29) is 18.9 Å². The van der Waals surface area contributed by atoms with Gasteiger partial charge >= 0.3 is 18.9 Å². The molecule has 1 unspecified atom stereocenters. The van der Waals surface area contributed by atoms with Crippen molar-refractivity contribution in [3.8, 4) is 11.1 Å². The van der Waals surface area contributed by atoms with Crippen molar-refractivity contribution >= 4 is 33.4 Å². The Bertz CT molecular complexity index is 398. The van der Waals surface area contributed by atoms with Gasteiger partial charge in [0, 0.05) is 0 Å². The fourth-order valence-corrected chi connectivity index (χ4v) is 1.75. The summed E-state index contributed by atoms with van der Waals surface area (Å²) >= 11 is 0. The van der Waals surface area contributed by atoms with Crippen molar-refractivity contribution in [1.29, 1.82) is 0 Å². The van der Waals surface area contributed by atoms with E-state index in [0.29, 0.717) is 0 Å². The van der Waals surface area contributed by atoms with Gasteiger partial charge in [-0.25, -0.2) is 0 Å². The second-order valence-electron chi connectivity index (χ2n) is 2.95. The third kappa shape index (κ3) is 2.49. The molecule has 0 saturated carbocycles. The summed E-state index contributed by atoms with van der Waals surface area (Å²) in [4.78, 5) is 0. The molecular formula is C12H12LiP. The summed E-state index contributed by atoms with van der Waals surface area (Å²) in [5.41, 5.74) is 2.56. The van der Waals surface area contributed by atoms with Crippen molar-refractivity contribution in [2.45, 2.75) is 0 Å². The van der Waals surface area contributed by atoms with Crippen LogP contribution in [0.2, 0.25) is 0 Å². The Kier molecular flexibility index (Phi) is 4.43. The predicted molar refractivity (Wildman–Crippen MR) is 68.4 cm³/mol. The first kappa shape index (κ1) is 11.5. The van der Waals surface area contributed by atoms with Crippen LogP contribution in [-0.4, -0.2) is 18.9 Å². The van der Waals surface area contributed by atoms with Crippen molar-refractivity contribution in [1.82, 2.24) is 0 Å². The van der Waals surface area contributed by atoms with E-state index in [1.54, 1.807) is 0 Å². The number of benzene rings is 2. The SMILES string of the molecule is Pc1ccccc1-c1ccccc1.[LiH]. The van der Waals surface area contributed by atoms with Gasteiger partial charge in [-0.3, -0.25) is 0 Å². The summed E-state index contributed by atoms with van der Waals surface area (Å²) < 4.78 is 0. The molecule has 0 N–H and O–H groups in total. The summed E-state index contributed by atoms with van der Waals surface area (Å²) in [6.45, 7) is 0. The van der Waals surface area contributed by atoms with Gasteiger partial charge in [0.2, 0.25) is 0 Å². The van der Waals surface area contributed by atoms with Crippen LogP contribution >= 0.6 is 9.24 Å². The van der Waals surface area contributed by atoms with Crippen LogP contribution in [0.4, 0.5) is 0 Å². The average molecular weight is 194 g/mol. The van der Waals surface area contributed by atoms with E-state index in [9.17, 15) is 0 Å². The zero-order valence-corrected chi connectivity index (χ0v) is 8.43. The van der Waals surface area contributed by atoms with Crippen LogP contribution in [0.3, 0.4) is 0 Å². The van der Waals surface area contributed by atoms with Crippen LogP contribution in [0.15, 0.2) is 54.6 Å². The van der Waals surface area contributed by atoms with Gasteiger partial charge in [0.15, 0.2) is 0 Å². The minimum absolute atomic E-state index is 0. The molecule has 14 heavy (non-hydrogen) atoms. The maximum atomic E-state index is 2.76. The molecule has 0 aromatic heterocycles. The molecule has 0 heterocycles. The normalized spacial score (nSPS) is 9.21. The van der Waals surface area contributed by atoms with E-state index >= 15 is 0 Å².